The van der Waals surface area contributed by atoms with Gasteiger partial charge in [0.25, 0.3) is 0 Å². The summed E-state index contributed by atoms with van der Waals surface area (Å²) in [4.78, 5) is 34.1. The summed E-state index contributed by atoms with van der Waals surface area (Å²) >= 11 is 0. The van der Waals surface area contributed by atoms with Crippen molar-refractivity contribution >= 4 is 17.8 Å². The van der Waals surface area contributed by atoms with Crippen LogP contribution in [0.1, 0.15) is 42.6 Å². The van der Waals surface area contributed by atoms with Gasteiger partial charge in [0.15, 0.2) is 0 Å². The molecule has 0 saturated heterocycles. The Balaban J connectivity index is 1.56. The van der Waals surface area contributed by atoms with Crippen LogP contribution in [-0.2, 0) is 20.8 Å². The van der Waals surface area contributed by atoms with Crippen LogP contribution < -0.4 is 4.90 Å². The molecule has 11 heteroatoms. The average molecular weight is 502 g/mol. The Morgan fingerprint density at radius 2 is 1.81 bits per heavy atom. The van der Waals surface area contributed by atoms with Crippen molar-refractivity contribution in [2.45, 2.75) is 33.2 Å². The van der Waals surface area contributed by atoms with Crippen molar-refractivity contribution in [1.29, 1.82) is 0 Å². The second-order valence-corrected chi connectivity index (χ2v) is 8.20. The number of aromatic nitrogens is 6. The summed E-state index contributed by atoms with van der Waals surface area (Å²) in [5, 5.41) is 14.4. The smallest absolute Gasteiger partial charge is 0.346 e. The van der Waals surface area contributed by atoms with E-state index in [-0.39, 0.29) is 5.56 Å². The third kappa shape index (κ3) is 6.51. The normalized spacial score (nSPS) is 10.6. The van der Waals surface area contributed by atoms with Crippen LogP contribution in [0.5, 0.6) is 0 Å². The van der Waals surface area contributed by atoms with Gasteiger partial charge in [0.2, 0.25) is 12.6 Å². The molecule has 11 nitrogen and oxygen atoms in total. The number of carbonyl (C=O) groups excluding carboxylic acids is 2. The maximum Gasteiger partial charge on any atom is 0.346 e. The summed E-state index contributed by atoms with van der Waals surface area (Å²) in [6.07, 6.45) is 4.69. The number of hydrogen-bond donors (Lipinski definition) is 1. The van der Waals surface area contributed by atoms with Crippen molar-refractivity contribution in [2.75, 3.05) is 18.2 Å². The van der Waals surface area contributed by atoms with Gasteiger partial charge in [-0.05, 0) is 28.3 Å². The number of ether oxygens (including phenoxy) is 2. The molecule has 0 aliphatic heterocycles. The summed E-state index contributed by atoms with van der Waals surface area (Å²) in [6.45, 7) is 4.08. The van der Waals surface area contributed by atoms with Crippen LogP contribution in [0.25, 0.3) is 22.5 Å². The monoisotopic (exact) mass is 501 g/mol. The van der Waals surface area contributed by atoms with Crippen molar-refractivity contribution in [2.24, 2.45) is 0 Å². The highest BCUT2D eigenvalue weighted by atomic mass is 16.7. The van der Waals surface area contributed by atoms with E-state index in [0.29, 0.717) is 24.7 Å². The third-order valence-corrected chi connectivity index (χ3v) is 5.60. The molecule has 2 aromatic carbocycles. The zero-order chi connectivity index (χ0) is 26.0. The molecule has 190 valence electrons. The van der Waals surface area contributed by atoms with E-state index < -0.39 is 18.7 Å². The van der Waals surface area contributed by atoms with Crippen LogP contribution in [-0.4, -0.2) is 55.9 Å². The Morgan fingerprint density at radius 1 is 1.03 bits per heavy atom. The minimum absolute atomic E-state index is 0.205. The molecule has 1 N–H and O–H groups in total. The van der Waals surface area contributed by atoms with E-state index in [1.165, 1.54) is 19.4 Å². The molecule has 0 unspecified atom stereocenters. The molecule has 2 heterocycles. The first kappa shape index (κ1) is 25.4. The molecule has 2 aromatic heterocycles. The van der Waals surface area contributed by atoms with Crippen molar-refractivity contribution < 1.29 is 19.1 Å². The van der Waals surface area contributed by atoms with Crippen LogP contribution in [0.2, 0.25) is 0 Å². The lowest BCUT2D eigenvalue weighted by molar-refractivity contribution is -0.149. The lowest BCUT2D eigenvalue weighted by atomic mass is 9.98. The van der Waals surface area contributed by atoms with Crippen molar-refractivity contribution in [3.05, 3.63) is 72.2 Å². The maximum atomic E-state index is 12.7. The number of esters is 2. The highest BCUT2D eigenvalue weighted by Crippen LogP contribution is 2.30. The van der Waals surface area contributed by atoms with Crippen LogP contribution in [0, 0.1) is 0 Å². The zero-order valence-corrected chi connectivity index (χ0v) is 20.6. The molecular formula is C26H27N7O4. The highest BCUT2D eigenvalue weighted by Gasteiger charge is 2.20. The molecule has 0 spiro atoms. The predicted molar refractivity (Wildman–Crippen MR) is 135 cm³/mol. The molecule has 0 aliphatic carbocycles. The molecule has 0 saturated carbocycles. The van der Waals surface area contributed by atoms with E-state index in [1.54, 1.807) is 0 Å². The van der Waals surface area contributed by atoms with Gasteiger partial charge in [-0.25, -0.2) is 14.8 Å². The Bertz CT molecular complexity index is 1330. The molecule has 0 bridgehead atoms. The molecule has 0 atom stereocenters. The van der Waals surface area contributed by atoms with E-state index in [1.807, 2.05) is 53.4 Å². The van der Waals surface area contributed by atoms with Gasteiger partial charge in [-0.1, -0.05) is 61.9 Å². The number of anilines is 1. The molecule has 0 amide bonds. The lowest BCUT2D eigenvalue weighted by Crippen LogP contribution is -2.27. The van der Waals surface area contributed by atoms with E-state index in [4.69, 9.17) is 9.47 Å². The first-order valence-electron chi connectivity index (χ1n) is 11.8. The van der Waals surface area contributed by atoms with Gasteiger partial charge in [0.1, 0.15) is 17.7 Å². The second kappa shape index (κ2) is 12.3. The molecule has 4 aromatic rings. The predicted octanol–water partition coefficient (Wildman–Crippen LogP) is 3.81. The number of H-pyrrole nitrogens is 1. The van der Waals surface area contributed by atoms with Crippen molar-refractivity contribution in [3.8, 4) is 22.5 Å². The number of carbonyl (C=O) groups is 2. The summed E-state index contributed by atoms with van der Waals surface area (Å²) in [5.74, 6) is -0.206. The second-order valence-electron chi connectivity index (χ2n) is 8.20. The van der Waals surface area contributed by atoms with Gasteiger partial charge in [-0.15, -0.1) is 10.2 Å². The summed E-state index contributed by atoms with van der Waals surface area (Å²) < 4.78 is 9.81. The first-order valence-corrected chi connectivity index (χ1v) is 11.8. The number of aromatic amines is 1. The number of nitrogens with one attached hydrogen (secondary N) is 1. The third-order valence-electron chi connectivity index (χ3n) is 5.60. The molecule has 0 aliphatic rings. The topological polar surface area (TPSA) is 136 Å². The largest absolute Gasteiger partial charge is 0.428 e. The first-order chi connectivity index (χ1) is 18.1. The van der Waals surface area contributed by atoms with Gasteiger partial charge in [0, 0.05) is 31.8 Å². The number of unbranched alkanes of at least 4 members (excludes halogenated alkanes) is 1. The Morgan fingerprint density at radius 3 is 2.51 bits per heavy atom. The minimum atomic E-state index is -0.660. The highest BCUT2D eigenvalue weighted by molar-refractivity contribution is 5.94. The fourth-order valence-electron chi connectivity index (χ4n) is 3.79. The van der Waals surface area contributed by atoms with Crippen LogP contribution in [0.15, 0.2) is 61.1 Å². The lowest BCUT2D eigenvalue weighted by Gasteiger charge is -2.25. The molecule has 4 rings (SSSR count). The quantitative estimate of drug-likeness (QED) is 0.239. The number of rotatable bonds is 11. The van der Waals surface area contributed by atoms with E-state index in [0.717, 1.165) is 35.1 Å². The zero-order valence-electron chi connectivity index (χ0n) is 20.6. The molecule has 0 radical (unpaired) electrons. The van der Waals surface area contributed by atoms with E-state index >= 15 is 0 Å². The number of benzene rings is 2. The van der Waals surface area contributed by atoms with E-state index in [2.05, 4.69) is 37.5 Å². The Kier molecular flexibility index (Phi) is 8.48. The fourth-order valence-corrected chi connectivity index (χ4v) is 3.79. The fraction of sp³-hybridized carbons (Fsp3) is 0.269. The van der Waals surface area contributed by atoms with Gasteiger partial charge < -0.3 is 14.4 Å². The molecular weight excluding hydrogens is 474 g/mol. The van der Waals surface area contributed by atoms with Crippen LogP contribution in [0.4, 0.5) is 5.82 Å². The average Bonchev–Trinajstić information content (AvgIpc) is 3.46. The van der Waals surface area contributed by atoms with Crippen molar-refractivity contribution in [3.63, 3.8) is 0 Å². The standard InChI is InChI=1S/C26H27N7O4/c1-3-4-13-33(25-23(14-27-16-28-25)26(35)37-17-36-18(2)34)15-19-9-11-20(12-10-19)21-7-5-6-8-22(21)24-29-31-32-30-24/h5-12,14,16H,3-4,13,15,17H2,1-2H3,(H,29,30,31,32). The maximum absolute atomic E-state index is 12.7. The summed E-state index contributed by atoms with van der Waals surface area (Å²) in [6, 6.07) is 16.0. The number of tetrazole rings is 1. The van der Waals surface area contributed by atoms with E-state index in [9.17, 15) is 9.59 Å². The van der Waals surface area contributed by atoms with Crippen LogP contribution >= 0.6 is 0 Å². The van der Waals surface area contributed by atoms with Gasteiger partial charge in [-0.2, -0.15) is 5.21 Å². The van der Waals surface area contributed by atoms with Gasteiger partial charge in [-0.3, -0.25) is 4.79 Å². The Hall–Kier alpha value is -4.67. The molecule has 37 heavy (non-hydrogen) atoms. The van der Waals surface area contributed by atoms with Crippen LogP contribution in [0.3, 0.4) is 0 Å². The number of nitrogens with zero attached hydrogens (tertiary/aromatic N) is 6. The SMILES string of the molecule is CCCCN(Cc1ccc(-c2ccccc2-c2nn[nH]n2)cc1)c1ncncc1C(=O)OCOC(C)=O. The minimum Gasteiger partial charge on any atom is -0.428 e. The van der Waals surface area contributed by atoms with Crippen molar-refractivity contribution in [1.82, 2.24) is 30.6 Å². The van der Waals surface area contributed by atoms with Gasteiger partial charge >= 0.3 is 11.9 Å². The Labute approximate surface area is 213 Å². The summed E-state index contributed by atoms with van der Waals surface area (Å²) in [7, 11) is 0. The van der Waals surface area contributed by atoms with Gasteiger partial charge in [0.05, 0.1) is 0 Å². The molecule has 0 fully saturated rings. The number of hydrogen-bond acceptors (Lipinski definition) is 10. The summed E-state index contributed by atoms with van der Waals surface area (Å²) in [5.41, 5.74) is 4.13.